The van der Waals surface area contributed by atoms with E-state index in [2.05, 4.69) is 10.6 Å². The molecule has 3 rings (SSSR count). The van der Waals surface area contributed by atoms with E-state index in [9.17, 15) is 13.2 Å². The van der Waals surface area contributed by atoms with Crippen molar-refractivity contribution in [1.29, 1.82) is 0 Å². The Kier molecular flexibility index (Phi) is 6.99. The fourth-order valence-corrected chi connectivity index (χ4v) is 6.15. The summed E-state index contributed by atoms with van der Waals surface area (Å²) in [5.41, 5.74) is 0. The Balaban J connectivity index is 0.00000243. The normalized spacial score (nSPS) is 25.3. The van der Waals surface area contributed by atoms with Crippen LogP contribution < -0.4 is 10.6 Å². The van der Waals surface area contributed by atoms with Gasteiger partial charge in [-0.25, -0.2) is 8.42 Å². The highest BCUT2D eigenvalue weighted by Gasteiger charge is 2.53. The molecule has 1 aliphatic carbocycles. The van der Waals surface area contributed by atoms with E-state index in [-0.39, 0.29) is 35.3 Å². The second-order valence-electron chi connectivity index (χ2n) is 7.12. The lowest BCUT2D eigenvalue weighted by molar-refractivity contribution is -0.124. The van der Waals surface area contributed by atoms with Crippen molar-refractivity contribution < 1.29 is 13.2 Å². The molecular weight excluding hydrogens is 395 g/mol. The van der Waals surface area contributed by atoms with Crippen LogP contribution in [-0.4, -0.2) is 37.7 Å². The Morgan fingerprint density at radius 2 is 1.81 bits per heavy atom. The van der Waals surface area contributed by atoms with Crippen LogP contribution in [-0.2, 0) is 14.6 Å². The molecule has 1 saturated carbocycles. The van der Waals surface area contributed by atoms with E-state index in [0.717, 1.165) is 32.2 Å². The van der Waals surface area contributed by atoms with E-state index >= 15 is 0 Å². The molecule has 5 nitrogen and oxygen atoms in total. The Morgan fingerprint density at radius 3 is 2.38 bits per heavy atom. The maximum absolute atomic E-state index is 13.3. The van der Waals surface area contributed by atoms with Crippen LogP contribution in [0.25, 0.3) is 0 Å². The summed E-state index contributed by atoms with van der Waals surface area (Å²) in [6, 6.07) is 6.23. The summed E-state index contributed by atoms with van der Waals surface area (Å²) < 4.78 is 25.3. The van der Waals surface area contributed by atoms with Gasteiger partial charge in [0.1, 0.15) is 0 Å². The van der Waals surface area contributed by atoms with Gasteiger partial charge in [0, 0.05) is 17.1 Å². The van der Waals surface area contributed by atoms with Gasteiger partial charge in [0.15, 0.2) is 14.6 Å². The minimum atomic E-state index is -3.78. The molecule has 0 aromatic heterocycles. The Hall–Kier alpha value is -0.820. The lowest BCUT2D eigenvalue weighted by Gasteiger charge is -2.35. The fourth-order valence-electron chi connectivity index (χ4n) is 3.94. The zero-order chi connectivity index (χ0) is 18.1. The maximum atomic E-state index is 13.3. The van der Waals surface area contributed by atoms with E-state index in [4.69, 9.17) is 11.6 Å². The Labute approximate surface area is 166 Å². The minimum Gasteiger partial charge on any atom is -0.350 e. The van der Waals surface area contributed by atoms with Crippen molar-refractivity contribution in [2.24, 2.45) is 0 Å². The zero-order valence-electron chi connectivity index (χ0n) is 14.8. The molecule has 2 atom stereocenters. The van der Waals surface area contributed by atoms with Gasteiger partial charge < -0.3 is 10.6 Å². The summed E-state index contributed by atoms with van der Waals surface area (Å²) in [6.45, 7) is 2.96. The molecule has 0 radical (unpaired) electrons. The second-order valence-corrected chi connectivity index (χ2v) is 9.82. The fraction of sp³-hybridized carbons (Fsp3) is 0.611. The van der Waals surface area contributed by atoms with Crippen LogP contribution in [0.5, 0.6) is 0 Å². The van der Waals surface area contributed by atoms with E-state index in [1.54, 1.807) is 12.1 Å². The van der Waals surface area contributed by atoms with Gasteiger partial charge >= 0.3 is 0 Å². The highest BCUT2D eigenvalue weighted by molar-refractivity contribution is 7.93. The summed E-state index contributed by atoms with van der Waals surface area (Å²) in [5.74, 6) is -0.347. The van der Waals surface area contributed by atoms with Gasteiger partial charge in [-0.2, -0.15) is 0 Å². The first kappa shape index (κ1) is 21.5. The largest absolute Gasteiger partial charge is 0.350 e. The number of sulfone groups is 1. The van der Waals surface area contributed by atoms with E-state index < -0.39 is 14.6 Å². The molecule has 0 spiro atoms. The summed E-state index contributed by atoms with van der Waals surface area (Å²) in [5, 5.41) is 6.85. The number of hydrogen-bond donors (Lipinski definition) is 2. The van der Waals surface area contributed by atoms with Gasteiger partial charge in [-0.15, -0.1) is 12.4 Å². The zero-order valence-corrected chi connectivity index (χ0v) is 17.2. The predicted octanol–water partition coefficient (Wildman–Crippen LogP) is 3.11. The standard InChI is InChI=1S/C18H25ClN2O3S.ClH/c1-13-16(5-4-12-20-13)21-17(22)18(10-2-3-11-18)25(23,24)15-8-6-14(19)7-9-15;/h6-9,13,16,20H,2-5,10-12H2,1H3,(H,21,22);1H. The Morgan fingerprint density at radius 1 is 1.19 bits per heavy atom. The van der Waals surface area contributed by atoms with Gasteiger partial charge in [-0.05, 0) is 63.4 Å². The highest BCUT2D eigenvalue weighted by atomic mass is 35.5. The molecule has 2 fully saturated rings. The van der Waals surface area contributed by atoms with Crippen molar-refractivity contribution in [3.05, 3.63) is 29.3 Å². The molecule has 1 aromatic rings. The van der Waals surface area contributed by atoms with Crippen LogP contribution in [0, 0.1) is 0 Å². The summed E-state index contributed by atoms with van der Waals surface area (Å²) in [6.07, 6.45) is 4.09. The number of nitrogens with one attached hydrogen (secondary N) is 2. The predicted molar refractivity (Wildman–Crippen MR) is 106 cm³/mol. The lowest BCUT2D eigenvalue weighted by atomic mass is 9.98. The summed E-state index contributed by atoms with van der Waals surface area (Å²) in [4.78, 5) is 13.3. The third-order valence-electron chi connectivity index (χ3n) is 5.54. The van der Waals surface area contributed by atoms with E-state index in [0.29, 0.717) is 17.9 Å². The topological polar surface area (TPSA) is 75.3 Å². The molecule has 146 valence electrons. The molecule has 1 heterocycles. The number of carbonyl (C=O) groups is 1. The Bertz CT molecular complexity index is 731. The highest BCUT2D eigenvalue weighted by Crippen LogP contribution is 2.41. The molecule has 26 heavy (non-hydrogen) atoms. The molecule has 1 aromatic carbocycles. The van der Waals surface area contributed by atoms with Gasteiger partial charge in [-0.3, -0.25) is 4.79 Å². The van der Waals surface area contributed by atoms with Crippen molar-refractivity contribution >= 4 is 39.8 Å². The van der Waals surface area contributed by atoms with Gasteiger partial charge in [0.05, 0.1) is 4.90 Å². The van der Waals surface area contributed by atoms with Gasteiger partial charge in [0.25, 0.3) is 0 Å². The monoisotopic (exact) mass is 420 g/mol. The van der Waals surface area contributed by atoms with Crippen LogP contribution >= 0.6 is 24.0 Å². The van der Waals surface area contributed by atoms with Crippen LogP contribution in [0.1, 0.15) is 45.4 Å². The van der Waals surface area contributed by atoms with E-state index in [1.807, 2.05) is 6.92 Å². The molecular formula is C18H26Cl2N2O3S. The molecule has 2 unspecified atom stereocenters. The molecule has 8 heteroatoms. The van der Waals surface area contributed by atoms with Crippen molar-refractivity contribution in [2.45, 2.75) is 67.2 Å². The number of piperidine rings is 1. The minimum absolute atomic E-state index is 0. The molecule has 1 amide bonds. The second kappa shape index (κ2) is 8.46. The summed E-state index contributed by atoms with van der Waals surface area (Å²) >= 11 is 5.88. The van der Waals surface area contributed by atoms with Gasteiger partial charge in [-0.1, -0.05) is 24.4 Å². The van der Waals surface area contributed by atoms with Crippen molar-refractivity contribution in [3.63, 3.8) is 0 Å². The first-order valence-corrected chi connectivity index (χ1v) is 10.8. The van der Waals surface area contributed by atoms with Crippen LogP contribution in [0.3, 0.4) is 0 Å². The lowest BCUT2D eigenvalue weighted by Crippen LogP contribution is -2.58. The van der Waals surface area contributed by atoms with Gasteiger partial charge in [0.2, 0.25) is 5.91 Å². The average molecular weight is 421 g/mol. The van der Waals surface area contributed by atoms with E-state index in [1.165, 1.54) is 12.1 Å². The first-order chi connectivity index (χ1) is 11.9. The number of halogens is 2. The number of benzene rings is 1. The number of carbonyl (C=O) groups excluding carboxylic acids is 1. The molecule has 0 bridgehead atoms. The molecule has 2 N–H and O–H groups in total. The third kappa shape index (κ3) is 3.88. The van der Waals surface area contributed by atoms with Crippen molar-refractivity contribution in [1.82, 2.24) is 10.6 Å². The smallest absolute Gasteiger partial charge is 0.242 e. The SMILES string of the molecule is CC1NCCCC1NC(=O)C1(S(=O)(=O)c2ccc(Cl)cc2)CCCC1.Cl. The van der Waals surface area contributed by atoms with Crippen LogP contribution in [0.15, 0.2) is 29.2 Å². The average Bonchev–Trinajstić information content (AvgIpc) is 3.09. The van der Waals surface area contributed by atoms with Crippen molar-refractivity contribution in [3.8, 4) is 0 Å². The third-order valence-corrected chi connectivity index (χ3v) is 8.31. The molecule has 2 aliphatic rings. The van der Waals surface area contributed by atoms with Crippen LogP contribution in [0.2, 0.25) is 5.02 Å². The van der Waals surface area contributed by atoms with Crippen molar-refractivity contribution in [2.75, 3.05) is 6.54 Å². The quantitative estimate of drug-likeness (QED) is 0.784. The first-order valence-electron chi connectivity index (χ1n) is 8.91. The number of amides is 1. The van der Waals surface area contributed by atoms with Crippen LogP contribution in [0.4, 0.5) is 0 Å². The number of hydrogen-bond acceptors (Lipinski definition) is 4. The maximum Gasteiger partial charge on any atom is 0.242 e. The summed E-state index contributed by atoms with van der Waals surface area (Å²) in [7, 11) is -3.78. The number of rotatable bonds is 4. The molecule has 1 saturated heterocycles. The molecule has 1 aliphatic heterocycles.